The SMILES string of the molecule is COc1ccc(C2CC(=O)c3c(C)nc(Nc4ccc(C)cc4)nc3C2)c(OC)c1. The predicted molar refractivity (Wildman–Crippen MR) is 116 cm³/mol. The number of benzene rings is 2. The fraction of sp³-hybridized carbons (Fsp3) is 0.292. The van der Waals surface area contributed by atoms with Crippen molar-refractivity contribution in [3.05, 3.63) is 70.5 Å². The van der Waals surface area contributed by atoms with Crippen LogP contribution in [0.4, 0.5) is 11.6 Å². The van der Waals surface area contributed by atoms with Gasteiger partial charge >= 0.3 is 0 Å². The lowest BCUT2D eigenvalue weighted by atomic mass is 9.81. The molecule has 1 heterocycles. The molecule has 4 rings (SSSR count). The largest absolute Gasteiger partial charge is 0.497 e. The van der Waals surface area contributed by atoms with E-state index >= 15 is 0 Å². The van der Waals surface area contributed by atoms with Gasteiger partial charge in [0.15, 0.2) is 5.78 Å². The maximum absolute atomic E-state index is 13.0. The molecule has 6 nitrogen and oxygen atoms in total. The molecule has 0 bridgehead atoms. The summed E-state index contributed by atoms with van der Waals surface area (Å²) in [7, 11) is 3.25. The van der Waals surface area contributed by atoms with Gasteiger partial charge in [0.1, 0.15) is 11.5 Å². The summed E-state index contributed by atoms with van der Waals surface area (Å²) < 4.78 is 10.9. The van der Waals surface area contributed by atoms with Crippen LogP contribution in [-0.2, 0) is 6.42 Å². The molecule has 6 heteroatoms. The van der Waals surface area contributed by atoms with Crippen LogP contribution < -0.4 is 14.8 Å². The topological polar surface area (TPSA) is 73.3 Å². The zero-order valence-electron chi connectivity index (χ0n) is 17.7. The molecule has 154 valence electrons. The van der Waals surface area contributed by atoms with E-state index in [1.165, 1.54) is 5.56 Å². The van der Waals surface area contributed by atoms with E-state index < -0.39 is 0 Å². The second-order valence-electron chi connectivity index (χ2n) is 7.58. The number of ether oxygens (including phenoxy) is 2. The smallest absolute Gasteiger partial charge is 0.227 e. The molecule has 1 atom stereocenters. The Hall–Kier alpha value is -3.41. The van der Waals surface area contributed by atoms with Gasteiger partial charge in [0.05, 0.1) is 31.2 Å². The molecule has 30 heavy (non-hydrogen) atoms. The normalized spacial score (nSPS) is 15.5. The monoisotopic (exact) mass is 403 g/mol. The van der Waals surface area contributed by atoms with Crippen molar-refractivity contribution in [2.45, 2.75) is 32.6 Å². The predicted octanol–water partition coefficient (Wildman–Crippen LogP) is 4.77. The first-order valence-corrected chi connectivity index (χ1v) is 9.94. The van der Waals surface area contributed by atoms with Gasteiger partial charge in [-0.2, -0.15) is 0 Å². The molecule has 3 aromatic rings. The number of rotatable bonds is 5. The van der Waals surface area contributed by atoms with E-state index in [1.807, 2.05) is 56.3 Å². The van der Waals surface area contributed by atoms with E-state index in [4.69, 9.17) is 14.5 Å². The Morgan fingerprint density at radius 3 is 2.43 bits per heavy atom. The lowest BCUT2D eigenvalue weighted by Gasteiger charge is -2.26. The molecule has 2 aromatic carbocycles. The fourth-order valence-corrected chi connectivity index (χ4v) is 3.97. The van der Waals surface area contributed by atoms with Crippen LogP contribution in [0.2, 0.25) is 0 Å². The summed E-state index contributed by atoms with van der Waals surface area (Å²) in [4.78, 5) is 22.2. The van der Waals surface area contributed by atoms with Crippen molar-refractivity contribution in [2.75, 3.05) is 19.5 Å². The molecule has 1 N–H and O–H groups in total. The summed E-state index contributed by atoms with van der Waals surface area (Å²) in [6, 6.07) is 13.8. The lowest BCUT2D eigenvalue weighted by Crippen LogP contribution is -2.23. The maximum Gasteiger partial charge on any atom is 0.227 e. The van der Waals surface area contributed by atoms with Crippen LogP contribution in [0.15, 0.2) is 42.5 Å². The molecule has 0 amide bonds. The average molecular weight is 403 g/mol. The zero-order valence-corrected chi connectivity index (χ0v) is 17.7. The number of ketones is 1. The minimum atomic E-state index is -0.00705. The summed E-state index contributed by atoms with van der Waals surface area (Å²) in [5.41, 5.74) is 5.21. The van der Waals surface area contributed by atoms with Crippen molar-refractivity contribution in [2.24, 2.45) is 0 Å². The van der Waals surface area contributed by atoms with Crippen molar-refractivity contribution in [3.8, 4) is 11.5 Å². The van der Waals surface area contributed by atoms with Gasteiger partial charge in [0.2, 0.25) is 5.95 Å². The Kier molecular flexibility index (Phi) is 5.40. The Bertz CT molecular complexity index is 1090. The van der Waals surface area contributed by atoms with Crippen molar-refractivity contribution in [3.63, 3.8) is 0 Å². The van der Waals surface area contributed by atoms with Crippen LogP contribution in [0, 0.1) is 13.8 Å². The number of hydrogen-bond acceptors (Lipinski definition) is 6. The van der Waals surface area contributed by atoms with Gasteiger partial charge in [0, 0.05) is 24.1 Å². The van der Waals surface area contributed by atoms with Crippen molar-refractivity contribution in [1.29, 1.82) is 0 Å². The summed E-state index contributed by atoms with van der Waals surface area (Å²) in [6.07, 6.45) is 1.06. The van der Waals surface area contributed by atoms with Gasteiger partial charge < -0.3 is 14.8 Å². The Balaban J connectivity index is 1.67. The van der Waals surface area contributed by atoms with Crippen molar-refractivity contribution >= 4 is 17.4 Å². The maximum atomic E-state index is 13.0. The molecule has 1 unspecified atom stereocenters. The number of carbonyl (C=O) groups is 1. The number of hydrogen-bond donors (Lipinski definition) is 1. The van der Waals surface area contributed by atoms with Crippen LogP contribution in [-0.4, -0.2) is 30.0 Å². The van der Waals surface area contributed by atoms with Crippen LogP contribution in [0.3, 0.4) is 0 Å². The van der Waals surface area contributed by atoms with Gasteiger partial charge in [0.25, 0.3) is 0 Å². The number of methoxy groups -OCH3 is 2. The first-order chi connectivity index (χ1) is 14.5. The summed E-state index contributed by atoms with van der Waals surface area (Å²) in [5.74, 6) is 2.01. The number of nitrogens with one attached hydrogen (secondary N) is 1. The van der Waals surface area contributed by atoms with Crippen molar-refractivity contribution in [1.82, 2.24) is 9.97 Å². The molecule has 0 aliphatic heterocycles. The van der Waals surface area contributed by atoms with Gasteiger partial charge in [-0.1, -0.05) is 23.8 Å². The molecular weight excluding hydrogens is 378 g/mol. The van der Waals surface area contributed by atoms with Crippen LogP contribution in [0.1, 0.15) is 45.2 Å². The minimum Gasteiger partial charge on any atom is -0.497 e. The van der Waals surface area contributed by atoms with E-state index in [0.717, 1.165) is 28.4 Å². The summed E-state index contributed by atoms with van der Waals surface area (Å²) in [5, 5.41) is 3.25. The van der Waals surface area contributed by atoms with Gasteiger partial charge in [-0.15, -0.1) is 0 Å². The van der Waals surface area contributed by atoms with Gasteiger partial charge in [-0.05, 0) is 44.0 Å². The van der Waals surface area contributed by atoms with E-state index in [2.05, 4.69) is 10.3 Å². The first-order valence-electron chi connectivity index (χ1n) is 9.94. The Labute approximate surface area is 176 Å². The molecule has 0 radical (unpaired) electrons. The highest BCUT2D eigenvalue weighted by Crippen LogP contribution is 2.39. The number of anilines is 2. The van der Waals surface area contributed by atoms with E-state index in [1.54, 1.807) is 14.2 Å². The Morgan fingerprint density at radius 1 is 0.967 bits per heavy atom. The molecular formula is C24H25N3O3. The zero-order chi connectivity index (χ0) is 21.3. The van der Waals surface area contributed by atoms with E-state index in [0.29, 0.717) is 30.0 Å². The number of fused-ring (bicyclic) bond motifs is 1. The molecule has 0 saturated carbocycles. The van der Waals surface area contributed by atoms with Gasteiger partial charge in [-0.3, -0.25) is 4.79 Å². The second-order valence-corrected chi connectivity index (χ2v) is 7.58. The fourth-order valence-electron chi connectivity index (χ4n) is 3.97. The summed E-state index contributed by atoms with van der Waals surface area (Å²) >= 11 is 0. The molecule has 0 saturated heterocycles. The molecule has 1 aliphatic rings. The third kappa shape index (κ3) is 3.85. The Morgan fingerprint density at radius 2 is 1.73 bits per heavy atom. The third-order valence-electron chi connectivity index (χ3n) is 5.50. The molecule has 1 aliphatic carbocycles. The minimum absolute atomic E-state index is 0.00705. The molecule has 0 fully saturated rings. The number of aromatic nitrogens is 2. The van der Waals surface area contributed by atoms with Crippen LogP contribution >= 0.6 is 0 Å². The highest BCUT2D eigenvalue weighted by molar-refractivity contribution is 6.00. The highest BCUT2D eigenvalue weighted by atomic mass is 16.5. The van der Waals surface area contributed by atoms with Crippen LogP contribution in [0.5, 0.6) is 11.5 Å². The highest BCUT2D eigenvalue weighted by Gasteiger charge is 2.31. The van der Waals surface area contributed by atoms with E-state index in [9.17, 15) is 4.79 Å². The number of aryl methyl sites for hydroxylation is 2. The van der Waals surface area contributed by atoms with Crippen LogP contribution in [0.25, 0.3) is 0 Å². The van der Waals surface area contributed by atoms with E-state index in [-0.39, 0.29) is 11.7 Å². The summed E-state index contributed by atoms with van der Waals surface area (Å²) in [6.45, 7) is 3.91. The molecule has 0 spiro atoms. The first kappa shape index (κ1) is 19.9. The van der Waals surface area contributed by atoms with Crippen molar-refractivity contribution < 1.29 is 14.3 Å². The lowest BCUT2D eigenvalue weighted by molar-refractivity contribution is 0.0961. The third-order valence-corrected chi connectivity index (χ3v) is 5.50. The average Bonchev–Trinajstić information content (AvgIpc) is 2.74. The number of carbonyl (C=O) groups excluding carboxylic acids is 1. The molecule has 1 aromatic heterocycles. The quantitative estimate of drug-likeness (QED) is 0.662. The van der Waals surface area contributed by atoms with Gasteiger partial charge in [-0.25, -0.2) is 9.97 Å². The second kappa shape index (κ2) is 8.14. The standard InChI is InChI=1S/C24H25N3O3/c1-14-5-7-17(8-6-14)26-24-25-15(2)23-20(27-24)11-16(12-21(23)28)19-10-9-18(29-3)13-22(19)30-4/h5-10,13,16H,11-12H2,1-4H3,(H,25,26,27). The number of nitrogens with zero attached hydrogens (tertiary/aromatic N) is 2. The number of Topliss-reactive ketones (excluding diaryl/α,β-unsaturated/α-hetero) is 1.